The molecule has 14 heavy (non-hydrogen) atoms. The summed E-state index contributed by atoms with van der Waals surface area (Å²) in [5.74, 6) is -0.165. The van der Waals surface area contributed by atoms with Crippen molar-refractivity contribution in [3.63, 3.8) is 0 Å². The Morgan fingerprint density at radius 2 is 2.29 bits per heavy atom. The highest BCUT2D eigenvalue weighted by Crippen LogP contribution is 2.15. The van der Waals surface area contributed by atoms with E-state index in [9.17, 15) is 8.42 Å². The molecule has 1 heterocycles. The summed E-state index contributed by atoms with van der Waals surface area (Å²) in [6.45, 7) is 4.85. The molecule has 1 aromatic heterocycles. The SMILES string of the molecule is C=CCS(=O)(=O)c1cnc(O)nc1C. The lowest BCUT2D eigenvalue weighted by Crippen LogP contribution is -2.08. The summed E-state index contributed by atoms with van der Waals surface area (Å²) in [5, 5.41) is 8.90. The molecule has 5 nitrogen and oxygen atoms in total. The maximum absolute atomic E-state index is 11.5. The fraction of sp³-hybridized carbons (Fsp3) is 0.250. The third-order valence-electron chi connectivity index (χ3n) is 1.59. The van der Waals surface area contributed by atoms with E-state index in [1.165, 1.54) is 13.0 Å². The average Bonchev–Trinajstić information content (AvgIpc) is 2.02. The zero-order valence-corrected chi connectivity index (χ0v) is 8.45. The van der Waals surface area contributed by atoms with Gasteiger partial charge in [0.2, 0.25) is 0 Å². The first-order valence-electron chi connectivity index (χ1n) is 3.83. The van der Waals surface area contributed by atoms with Crippen molar-refractivity contribution in [3.05, 3.63) is 24.5 Å². The van der Waals surface area contributed by atoms with Crippen LogP contribution in [0.5, 0.6) is 6.01 Å². The Bertz CT molecular complexity index is 454. The van der Waals surface area contributed by atoms with Crippen molar-refractivity contribution < 1.29 is 13.5 Å². The fourth-order valence-electron chi connectivity index (χ4n) is 0.994. The van der Waals surface area contributed by atoms with Crippen LogP contribution < -0.4 is 0 Å². The fourth-order valence-corrected chi connectivity index (χ4v) is 2.19. The van der Waals surface area contributed by atoms with Crippen molar-refractivity contribution in [2.75, 3.05) is 5.75 Å². The van der Waals surface area contributed by atoms with Crippen LogP contribution >= 0.6 is 0 Å². The molecule has 0 saturated heterocycles. The van der Waals surface area contributed by atoms with Crippen LogP contribution in [0, 0.1) is 6.92 Å². The summed E-state index contributed by atoms with van der Waals surface area (Å²) >= 11 is 0. The van der Waals surface area contributed by atoms with E-state index in [0.717, 1.165) is 6.20 Å². The molecule has 0 unspecified atom stereocenters. The van der Waals surface area contributed by atoms with Gasteiger partial charge in [0, 0.05) is 0 Å². The molecule has 0 saturated carbocycles. The van der Waals surface area contributed by atoms with Crippen molar-refractivity contribution >= 4 is 9.84 Å². The molecule has 0 aliphatic rings. The molecular weight excluding hydrogens is 204 g/mol. The Kier molecular flexibility index (Phi) is 2.85. The third-order valence-corrected chi connectivity index (χ3v) is 3.34. The first-order valence-corrected chi connectivity index (χ1v) is 5.49. The van der Waals surface area contributed by atoms with Crippen LogP contribution in [0.15, 0.2) is 23.7 Å². The molecule has 1 aromatic rings. The highest BCUT2D eigenvalue weighted by molar-refractivity contribution is 7.91. The number of rotatable bonds is 3. The van der Waals surface area contributed by atoms with E-state index in [1.54, 1.807) is 0 Å². The van der Waals surface area contributed by atoms with Crippen LogP contribution in [0.3, 0.4) is 0 Å². The summed E-state index contributed by atoms with van der Waals surface area (Å²) < 4.78 is 23.1. The second kappa shape index (κ2) is 3.75. The normalized spacial score (nSPS) is 11.2. The summed E-state index contributed by atoms with van der Waals surface area (Å²) in [6, 6.07) is -0.431. The molecule has 0 aliphatic carbocycles. The van der Waals surface area contributed by atoms with Gasteiger partial charge in [-0.3, -0.25) is 0 Å². The van der Waals surface area contributed by atoms with Crippen LogP contribution in [0.4, 0.5) is 0 Å². The molecule has 1 N–H and O–H groups in total. The second-order valence-electron chi connectivity index (χ2n) is 2.69. The minimum atomic E-state index is -3.41. The summed E-state index contributed by atoms with van der Waals surface area (Å²) in [7, 11) is -3.41. The minimum Gasteiger partial charge on any atom is -0.479 e. The molecule has 0 fully saturated rings. The van der Waals surface area contributed by atoms with Gasteiger partial charge in [-0.15, -0.1) is 6.58 Å². The molecule has 76 valence electrons. The highest BCUT2D eigenvalue weighted by Gasteiger charge is 2.17. The Labute approximate surface area is 82.1 Å². The van der Waals surface area contributed by atoms with Gasteiger partial charge in [-0.2, -0.15) is 4.98 Å². The number of aromatic hydroxyl groups is 1. The van der Waals surface area contributed by atoms with Gasteiger partial charge in [0.25, 0.3) is 0 Å². The highest BCUT2D eigenvalue weighted by atomic mass is 32.2. The lowest BCUT2D eigenvalue weighted by molar-refractivity contribution is 0.426. The molecule has 6 heteroatoms. The molecule has 0 atom stereocenters. The standard InChI is InChI=1S/C8H10N2O3S/c1-3-4-14(12,13)7-5-9-8(11)10-6(7)2/h3,5H,1,4H2,2H3,(H,9,10,11). The summed E-state index contributed by atoms with van der Waals surface area (Å²) in [6.07, 6.45) is 2.39. The average molecular weight is 214 g/mol. The summed E-state index contributed by atoms with van der Waals surface area (Å²) in [4.78, 5) is 7.00. The van der Waals surface area contributed by atoms with E-state index in [4.69, 9.17) is 5.11 Å². The second-order valence-corrected chi connectivity index (χ2v) is 4.69. The van der Waals surface area contributed by atoms with Crippen LogP contribution in [-0.4, -0.2) is 29.2 Å². The predicted octanol–water partition coefficient (Wildman–Crippen LogP) is 0.450. The van der Waals surface area contributed by atoms with E-state index in [1.807, 2.05) is 0 Å². The van der Waals surface area contributed by atoms with Gasteiger partial charge in [0.05, 0.1) is 17.6 Å². The van der Waals surface area contributed by atoms with Crippen molar-refractivity contribution in [2.45, 2.75) is 11.8 Å². The molecule has 0 bridgehead atoms. The zero-order valence-electron chi connectivity index (χ0n) is 7.64. The van der Waals surface area contributed by atoms with Crippen molar-refractivity contribution in [3.8, 4) is 6.01 Å². The van der Waals surface area contributed by atoms with Crippen molar-refractivity contribution in [2.24, 2.45) is 0 Å². The predicted molar refractivity (Wildman–Crippen MR) is 50.7 cm³/mol. The van der Waals surface area contributed by atoms with Crippen LogP contribution in [0.1, 0.15) is 5.69 Å². The molecule has 0 aromatic carbocycles. The van der Waals surface area contributed by atoms with Crippen molar-refractivity contribution in [1.82, 2.24) is 9.97 Å². The number of aromatic nitrogens is 2. The maximum Gasteiger partial charge on any atom is 0.314 e. The first-order chi connectivity index (χ1) is 6.47. The molecule has 0 amide bonds. The van der Waals surface area contributed by atoms with Gasteiger partial charge in [-0.05, 0) is 6.92 Å². The lowest BCUT2D eigenvalue weighted by atomic mass is 10.5. The number of nitrogens with zero attached hydrogens (tertiary/aromatic N) is 2. The Morgan fingerprint density at radius 3 is 2.79 bits per heavy atom. The summed E-state index contributed by atoms with van der Waals surface area (Å²) in [5.41, 5.74) is 0.236. The van der Waals surface area contributed by atoms with E-state index in [0.29, 0.717) is 0 Å². The van der Waals surface area contributed by atoms with Gasteiger partial charge < -0.3 is 5.11 Å². The number of hydrogen-bond acceptors (Lipinski definition) is 5. The van der Waals surface area contributed by atoms with Gasteiger partial charge in [0.15, 0.2) is 9.84 Å². The third kappa shape index (κ3) is 2.08. The van der Waals surface area contributed by atoms with E-state index in [2.05, 4.69) is 16.5 Å². The molecule has 0 aliphatic heterocycles. The van der Waals surface area contributed by atoms with Crippen LogP contribution in [-0.2, 0) is 9.84 Å². The topological polar surface area (TPSA) is 80.2 Å². The van der Waals surface area contributed by atoms with E-state index < -0.39 is 15.8 Å². The van der Waals surface area contributed by atoms with E-state index in [-0.39, 0.29) is 16.3 Å². The molecule has 0 spiro atoms. The van der Waals surface area contributed by atoms with Crippen LogP contribution in [0.2, 0.25) is 0 Å². The Balaban J connectivity index is 3.26. The molecule has 1 rings (SSSR count). The Morgan fingerprint density at radius 1 is 1.64 bits per heavy atom. The number of hydrogen-bond donors (Lipinski definition) is 1. The molecule has 0 radical (unpaired) electrons. The van der Waals surface area contributed by atoms with Gasteiger partial charge >= 0.3 is 6.01 Å². The zero-order chi connectivity index (χ0) is 10.8. The quantitative estimate of drug-likeness (QED) is 0.739. The lowest BCUT2D eigenvalue weighted by Gasteiger charge is -2.03. The van der Waals surface area contributed by atoms with Gasteiger partial charge in [-0.1, -0.05) is 6.08 Å². The minimum absolute atomic E-state index is 0.0233. The largest absolute Gasteiger partial charge is 0.479 e. The maximum atomic E-state index is 11.5. The smallest absolute Gasteiger partial charge is 0.314 e. The Hall–Kier alpha value is -1.43. The number of sulfone groups is 1. The monoisotopic (exact) mass is 214 g/mol. The van der Waals surface area contributed by atoms with Gasteiger partial charge in [0.1, 0.15) is 4.90 Å². The van der Waals surface area contributed by atoms with Crippen LogP contribution in [0.25, 0.3) is 0 Å². The molecular formula is C8H10N2O3S. The van der Waals surface area contributed by atoms with Gasteiger partial charge in [-0.25, -0.2) is 13.4 Å². The van der Waals surface area contributed by atoms with E-state index >= 15 is 0 Å². The number of aryl methyl sites for hydroxylation is 1. The van der Waals surface area contributed by atoms with Crippen molar-refractivity contribution in [1.29, 1.82) is 0 Å². The first kappa shape index (κ1) is 10.6.